The molecule has 1 aromatic rings. The normalized spacial score (nSPS) is 25.3. The lowest BCUT2D eigenvalue weighted by Crippen LogP contribution is -2.39. The Morgan fingerprint density at radius 3 is 2.79 bits per heavy atom. The Labute approximate surface area is 124 Å². The van der Waals surface area contributed by atoms with E-state index in [2.05, 4.69) is 35.1 Å². The largest absolute Gasteiger partial charge is 0.307 e. The third kappa shape index (κ3) is 3.79. The maximum atomic E-state index is 13.3. The van der Waals surface area contributed by atoms with E-state index in [0.29, 0.717) is 10.5 Å². The second kappa shape index (κ2) is 6.85. The van der Waals surface area contributed by atoms with Crippen molar-refractivity contribution in [2.24, 2.45) is 5.92 Å². The summed E-state index contributed by atoms with van der Waals surface area (Å²) in [5.74, 6) is 0.597. The summed E-state index contributed by atoms with van der Waals surface area (Å²) in [4.78, 5) is 0. The van der Waals surface area contributed by atoms with Crippen molar-refractivity contribution in [3.05, 3.63) is 34.1 Å². The Balaban J connectivity index is 2.02. The Morgan fingerprint density at radius 2 is 2.11 bits per heavy atom. The van der Waals surface area contributed by atoms with Crippen molar-refractivity contribution in [2.75, 3.05) is 0 Å². The third-order valence-electron chi connectivity index (χ3n) is 4.34. The summed E-state index contributed by atoms with van der Waals surface area (Å²) in [6.45, 7) is 4.45. The van der Waals surface area contributed by atoms with E-state index in [1.165, 1.54) is 38.2 Å². The van der Waals surface area contributed by atoms with Crippen LogP contribution in [0.2, 0.25) is 0 Å². The van der Waals surface area contributed by atoms with Gasteiger partial charge in [-0.15, -0.1) is 0 Å². The first-order valence-corrected chi connectivity index (χ1v) is 8.12. The molecule has 3 heteroatoms. The van der Waals surface area contributed by atoms with E-state index in [9.17, 15) is 4.39 Å². The highest BCUT2D eigenvalue weighted by Gasteiger charge is 2.25. The maximum absolute atomic E-state index is 13.3. The van der Waals surface area contributed by atoms with Gasteiger partial charge in [-0.3, -0.25) is 0 Å². The van der Waals surface area contributed by atoms with Gasteiger partial charge in [-0.25, -0.2) is 4.39 Å². The molecule has 106 valence electrons. The van der Waals surface area contributed by atoms with Gasteiger partial charge in [-0.05, 0) is 59.3 Å². The van der Waals surface area contributed by atoms with Crippen molar-refractivity contribution in [2.45, 2.75) is 58.0 Å². The molecular formula is C16H23BrFN. The van der Waals surface area contributed by atoms with Crippen LogP contribution in [0, 0.1) is 11.7 Å². The molecule has 0 saturated heterocycles. The van der Waals surface area contributed by atoms with Gasteiger partial charge >= 0.3 is 0 Å². The quantitative estimate of drug-likeness (QED) is 0.800. The Kier molecular flexibility index (Phi) is 5.40. The van der Waals surface area contributed by atoms with Crippen LogP contribution in [0.15, 0.2) is 22.7 Å². The zero-order valence-electron chi connectivity index (χ0n) is 11.8. The summed E-state index contributed by atoms with van der Waals surface area (Å²) in [6.07, 6.45) is 6.55. The van der Waals surface area contributed by atoms with Crippen molar-refractivity contribution < 1.29 is 4.39 Å². The molecule has 2 rings (SSSR count). The van der Waals surface area contributed by atoms with Crippen LogP contribution in [0.5, 0.6) is 0 Å². The van der Waals surface area contributed by atoms with E-state index in [0.717, 1.165) is 11.5 Å². The maximum Gasteiger partial charge on any atom is 0.137 e. The van der Waals surface area contributed by atoms with E-state index in [1.54, 1.807) is 0 Å². The Morgan fingerprint density at radius 1 is 1.37 bits per heavy atom. The predicted molar refractivity (Wildman–Crippen MR) is 81.7 cm³/mol. The summed E-state index contributed by atoms with van der Waals surface area (Å²) in [6, 6.07) is 6.18. The van der Waals surface area contributed by atoms with Crippen molar-refractivity contribution in [3.63, 3.8) is 0 Å². The molecule has 0 spiro atoms. The van der Waals surface area contributed by atoms with Gasteiger partial charge in [0.2, 0.25) is 0 Å². The lowest BCUT2D eigenvalue weighted by atomic mass is 9.82. The zero-order chi connectivity index (χ0) is 13.8. The number of benzene rings is 1. The first-order chi connectivity index (χ1) is 9.11. The SMILES string of the molecule is CCC1CCCCC1NC(C)c1ccc(F)c(Br)c1. The average Bonchev–Trinajstić information content (AvgIpc) is 2.42. The van der Waals surface area contributed by atoms with Crippen LogP contribution >= 0.6 is 15.9 Å². The molecule has 0 bridgehead atoms. The lowest BCUT2D eigenvalue weighted by Gasteiger charge is -2.34. The van der Waals surface area contributed by atoms with Crippen LogP contribution in [0.4, 0.5) is 4.39 Å². The Bertz CT molecular complexity index is 421. The van der Waals surface area contributed by atoms with Crippen LogP contribution in [0.25, 0.3) is 0 Å². The van der Waals surface area contributed by atoms with Gasteiger partial charge in [0.1, 0.15) is 5.82 Å². The monoisotopic (exact) mass is 327 g/mol. The molecule has 1 fully saturated rings. The molecule has 0 aromatic heterocycles. The van der Waals surface area contributed by atoms with Gasteiger partial charge in [0, 0.05) is 12.1 Å². The van der Waals surface area contributed by atoms with Crippen LogP contribution in [0.1, 0.15) is 57.6 Å². The second-order valence-electron chi connectivity index (χ2n) is 5.62. The lowest BCUT2D eigenvalue weighted by molar-refractivity contribution is 0.240. The van der Waals surface area contributed by atoms with Gasteiger partial charge in [0.25, 0.3) is 0 Å². The molecule has 19 heavy (non-hydrogen) atoms. The Hall–Kier alpha value is -0.410. The van der Waals surface area contributed by atoms with Crippen LogP contribution in [-0.2, 0) is 0 Å². The molecule has 0 amide bonds. The number of rotatable bonds is 4. The van der Waals surface area contributed by atoms with Crippen molar-refractivity contribution in [3.8, 4) is 0 Å². The summed E-state index contributed by atoms with van der Waals surface area (Å²) >= 11 is 3.26. The van der Waals surface area contributed by atoms with Crippen molar-refractivity contribution in [1.82, 2.24) is 5.32 Å². The highest BCUT2D eigenvalue weighted by atomic mass is 79.9. The highest BCUT2D eigenvalue weighted by Crippen LogP contribution is 2.29. The van der Waals surface area contributed by atoms with E-state index in [4.69, 9.17) is 0 Å². The minimum absolute atomic E-state index is 0.194. The topological polar surface area (TPSA) is 12.0 Å². The molecule has 1 N–H and O–H groups in total. The smallest absolute Gasteiger partial charge is 0.137 e. The summed E-state index contributed by atoms with van der Waals surface area (Å²) in [5, 5.41) is 3.74. The fourth-order valence-corrected chi connectivity index (χ4v) is 3.51. The van der Waals surface area contributed by atoms with E-state index >= 15 is 0 Å². The molecule has 1 aliphatic rings. The fraction of sp³-hybridized carbons (Fsp3) is 0.625. The third-order valence-corrected chi connectivity index (χ3v) is 4.95. The van der Waals surface area contributed by atoms with E-state index < -0.39 is 0 Å². The van der Waals surface area contributed by atoms with Crippen molar-refractivity contribution in [1.29, 1.82) is 0 Å². The molecule has 1 nitrogen and oxygen atoms in total. The molecule has 3 unspecified atom stereocenters. The minimum Gasteiger partial charge on any atom is -0.307 e. The molecular weight excluding hydrogens is 305 g/mol. The molecule has 1 saturated carbocycles. The summed E-state index contributed by atoms with van der Waals surface area (Å²) in [7, 11) is 0. The van der Waals surface area contributed by atoms with Crippen LogP contribution in [0.3, 0.4) is 0 Å². The standard InChI is InChI=1S/C16H23BrFN/c1-3-12-6-4-5-7-16(12)19-11(2)13-8-9-15(18)14(17)10-13/h8-12,16,19H,3-7H2,1-2H3. The molecule has 1 aliphatic carbocycles. The van der Waals surface area contributed by atoms with E-state index in [1.807, 2.05) is 12.1 Å². The van der Waals surface area contributed by atoms with Gasteiger partial charge < -0.3 is 5.32 Å². The molecule has 3 atom stereocenters. The number of hydrogen-bond donors (Lipinski definition) is 1. The summed E-state index contributed by atoms with van der Waals surface area (Å²) < 4.78 is 13.8. The predicted octanol–water partition coefficient (Wildman–Crippen LogP) is 5.21. The van der Waals surface area contributed by atoms with Gasteiger partial charge in [0.15, 0.2) is 0 Å². The highest BCUT2D eigenvalue weighted by molar-refractivity contribution is 9.10. The molecule has 0 aliphatic heterocycles. The van der Waals surface area contributed by atoms with E-state index in [-0.39, 0.29) is 11.9 Å². The number of nitrogens with one attached hydrogen (secondary N) is 1. The molecule has 1 aromatic carbocycles. The first-order valence-electron chi connectivity index (χ1n) is 7.32. The minimum atomic E-state index is -0.194. The average molecular weight is 328 g/mol. The van der Waals surface area contributed by atoms with Gasteiger partial charge in [0.05, 0.1) is 4.47 Å². The van der Waals surface area contributed by atoms with Gasteiger partial charge in [-0.2, -0.15) is 0 Å². The summed E-state index contributed by atoms with van der Waals surface area (Å²) in [5.41, 5.74) is 1.15. The van der Waals surface area contributed by atoms with Crippen molar-refractivity contribution >= 4 is 15.9 Å². The fourth-order valence-electron chi connectivity index (χ4n) is 3.11. The number of hydrogen-bond acceptors (Lipinski definition) is 1. The number of halogens is 2. The first kappa shape index (κ1) is 15.0. The second-order valence-corrected chi connectivity index (χ2v) is 6.48. The van der Waals surface area contributed by atoms with Crippen LogP contribution in [-0.4, -0.2) is 6.04 Å². The van der Waals surface area contributed by atoms with Gasteiger partial charge in [-0.1, -0.05) is 32.3 Å². The zero-order valence-corrected chi connectivity index (χ0v) is 13.3. The molecule has 0 heterocycles. The molecule has 0 radical (unpaired) electrons. The van der Waals surface area contributed by atoms with Crippen LogP contribution < -0.4 is 5.32 Å².